The van der Waals surface area contributed by atoms with Gasteiger partial charge >= 0.3 is 0 Å². The van der Waals surface area contributed by atoms with Crippen molar-refractivity contribution in [3.63, 3.8) is 0 Å². The molecular weight excluding hydrogens is 308 g/mol. The van der Waals surface area contributed by atoms with Gasteiger partial charge in [-0.05, 0) is 25.5 Å². The third kappa shape index (κ3) is 4.50. The molecule has 2 heterocycles. The molecule has 1 fully saturated rings. The van der Waals surface area contributed by atoms with Crippen LogP contribution in [0, 0.1) is 5.92 Å². The average molecular weight is 332 g/mol. The minimum Gasteiger partial charge on any atom is -0.378 e. The number of ether oxygens (including phenoxy) is 1. The number of hydrogen-bond acceptors (Lipinski definition) is 5. The molecule has 0 aromatic carbocycles. The zero-order valence-electron chi connectivity index (χ0n) is 12.6. The van der Waals surface area contributed by atoms with Gasteiger partial charge in [0, 0.05) is 35.9 Å². The smallest absolute Gasteiger partial charge is 0.241 e. The van der Waals surface area contributed by atoms with Crippen LogP contribution in [0.4, 0.5) is 0 Å². The SMILES string of the molecule is CCNCc1cc(S(=O)(=O)NCC2CCOC2CC)cs1. The van der Waals surface area contributed by atoms with Crippen molar-refractivity contribution >= 4 is 21.4 Å². The van der Waals surface area contributed by atoms with Gasteiger partial charge in [0.25, 0.3) is 0 Å². The second-order valence-electron chi connectivity index (χ2n) is 5.25. The third-order valence-corrected chi connectivity index (χ3v) is 6.26. The van der Waals surface area contributed by atoms with Crippen LogP contribution in [0.3, 0.4) is 0 Å². The van der Waals surface area contributed by atoms with Crippen LogP contribution in [0.25, 0.3) is 0 Å². The van der Waals surface area contributed by atoms with E-state index in [0.29, 0.717) is 18.0 Å². The van der Waals surface area contributed by atoms with E-state index in [-0.39, 0.29) is 12.0 Å². The molecule has 21 heavy (non-hydrogen) atoms. The Kier molecular flexibility index (Phi) is 6.19. The molecule has 0 saturated carbocycles. The normalized spacial score (nSPS) is 22.8. The molecule has 1 saturated heterocycles. The first kappa shape index (κ1) is 16.9. The van der Waals surface area contributed by atoms with Gasteiger partial charge in [0.05, 0.1) is 11.0 Å². The summed E-state index contributed by atoms with van der Waals surface area (Å²) in [4.78, 5) is 1.40. The molecule has 2 unspecified atom stereocenters. The molecule has 2 rings (SSSR count). The van der Waals surface area contributed by atoms with Crippen molar-refractivity contribution in [2.24, 2.45) is 5.92 Å². The lowest BCUT2D eigenvalue weighted by Crippen LogP contribution is -2.32. The highest BCUT2D eigenvalue weighted by Gasteiger charge is 2.28. The number of rotatable bonds is 8. The van der Waals surface area contributed by atoms with E-state index in [0.717, 1.165) is 30.9 Å². The predicted molar refractivity (Wildman–Crippen MR) is 85.0 cm³/mol. The van der Waals surface area contributed by atoms with E-state index in [1.807, 2.05) is 6.92 Å². The van der Waals surface area contributed by atoms with E-state index in [1.54, 1.807) is 11.4 Å². The van der Waals surface area contributed by atoms with Gasteiger partial charge in [-0.2, -0.15) is 0 Å². The summed E-state index contributed by atoms with van der Waals surface area (Å²) in [5.41, 5.74) is 0. The fourth-order valence-corrected chi connectivity index (χ4v) is 4.86. The molecule has 0 radical (unpaired) electrons. The zero-order chi connectivity index (χ0) is 15.3. The Balaban J connectivity index is 1.93. The molecule has 7 heteroatoms. The average Bonchev–Trinajstić information content (AvgIpc) is 3.12. The number of nitrogens with one attached hydrogen (secondary N) is 2. The maximum Gasteiger partial charge on any atom is 0.241 e. The van der Waals surface area contributed by atoms with Crippen molar-refractivity contribution in [1.82, 2.24) is 10.0 Å². The molecule has 0 bridgehead atoms. The Hall–Kier alpha value is -0.470. The highest BCUT2D eigenvalue weighted by Crippen LogP contribution is 2.24. The van der Waals surface area contributed by atoms with Crippen LogP contribution in [0.1, 0.15) is 31.6 Å². The molecule has 2 N–H and O–H groups in total. The third-order valence-electron chi connectivity index (χ3n) is 3.77. The van der Waals surface area contributed by atoms with Crippen LogP contribution in [-0.2, 0) is 21.3 Å². The highest BCUT2D eigenvalue weighted by atomic mass is 32.2. The van der Waals surface area contributed by atoms with Crippen LogP contribution in [0.5, 0.6) is 0 Å². The molecule has 1 aromatic heterocycles. The largest absolute Gasteiger partial charge is 0.378 e. The van der Waals surface area contributed by atoms with Crippen LogP contribution in [0.15, 0.2) is 16.3 Å². The molecule has 2 atom stereocenters. The number of hydrogen-bond donors (Lipinski definition) is 2. The van der Waals surface area contributed by atoms with Gasteiger partial charge < -0.3 is 10.1 Å². The summed E-state index contributed by atoms with van der Waals surface area (Å²) >= 11 is 1.47. The van der Waals surface area contributed by atoms with Crippen molar-refractivity contribution < 1.29 is 13.2 Å². The first-order valence-electron chi connectivity index (χ1n) is 7.46. The zero-order valence-corrected chi connectivity index (χ0v) is 14.2. The van der Waals surface area contributed by atoms with Gasteiger partial charge in [-0.1, -0.05) is 13.8 Å². The summed E-state index contributed by atoms with van der Waals surface area (Å²) in [6.07, 6.45) is 2.04. The summed E-state index contributed by atoms with van der Waals surface area (Å²) in [7, 11) is -3.41. The van der Waals surface area contributed by atoms with Crippen molar-refractivity contribution in [2.45, 2.75) is 44.2 Å². The second-order valence-corrected chi connectivity index (χ2v) is 8.01. The lowest BCUT2D eigenvalue weighted by molar-refractivity contribution is 0.0884. The maximum absolute atomic E-state index is 12.3. The molecular formula is C14H24N2O3S2. The van der Waals surface area contributed by atoms with Crippen LogP contribution < -0.4 is 10.0 Å². The Morgan fingerprint density at radius 1 is 1.43 bits per heavy atom. The first-order chi connectivity index (χ1) is 10.1. The monoisotopic (exact) mass is 332 g/mol. The Bertz CT molecular complexity index is 542. The Morgan fingerprint density at radius 3 is 2.95 bits per heavy atom. The van der Waals surface area contributed by atoms with E-state index >= 15 is 0 Å². The van der Waals surface area contributed by atoms with E-state index in [2.05, 4.69) is 17.0 Å². The van der Waals surface area contributed by atoms with Gasteiger partial charge in [0.15, 0.2) is 0 Å². The quantitative estimate of drug-likeness (QED) is 0.763. The van der Waals surface area contributed by atoms with E-state index in [9.17, 15) is 8.42 Å². The summed E-state index contributed by atoms with van der Waals surface area (Å²) < 4.78 is 32.9. The fraction of sp³-hybridized carbons (Fsp3) is 0.714. The molecule has 1 aliphatic heterocycles. The van der Waals surface area contributed by atoms with Crippen molar-refractivity contribution in [2.75, 3.05) is 19.7 Å². The topological polar surface area (TPSA) is 67.4 Å². The van der Waals surface area contributed by atoms with Crippen molar-refractivity contribution in [3.8, 4) is 0 Å². The van der Waals surface area contributed by atoms with Crippen molar-refractivity contribution in [3.05, 3.63) is 16.3 Å². The van der Waals surface area contributed by atoms with E-state index < -0.39 is 10.0 Å². The number of sulfonamides is 1. The van der Waals surface area contributed by atoms with Crippen LogP contribution in [0.2, 0.25) is 0 Å². The van der Waals surface area contributed by atoms with E-state index in [4.69, 9.17) is 4.74 Å². The molecule has 1 aliphatic rings. The van der Waals surface area contributed by atoms with Crippen LogP contribution in [-0.4, -0.2) is 34.2 Å². The summed E-state index contributed by atoms with van der Waals surface area (Å²) in [6.45, 7) is 6.88. The van der Waals surface area contributed by atoms with Gasteiger partial charge in [0.1, 0.15) is 0 Å². The van der Waals surface area contributed by atoms with Crippen LogP contribution >= 0.6 is 11.3 Å². The van der Waals surface area contributed by atoms with Crippen molar-refractivity contribution in [1.29, 1.82) is 0 Å². The van der Waals surface area contributed by atoms with Gasteiger partial charge in [-0.25, -0.2) is 13.1 Å². The highest BCUT2D eigenvalue weighted by molar-refractivity contribution is 7.89. The van der Waals surface area contributed by atoms with Gasteiger partial charge in [0.2, 0.25) is 10.0 Å². The molecule has 120 valence electrons. The molecule has 1 aromatic rings. The summed E-state index contributed by atoms with van der Waals surface area (Å²) in [5, 5.41) is 4.90. The van der Waals surface area contributed by atoms with Gasteiger partial charge in [-0.3, -0.25) is 0 Å². The summed E-state index contributed by atoms with van der Waals surface area (Å²) in [6, 6.07) is 1.75. The van der Waals surface area contributed by atoms with E-state index in [1.165, 1.54) is 11.3 Å². The summed E-state index contributed by atoms with van der Waals surface area (Å²) in [5.74, 6) is 0.282. The molecule has 5 nitrogen and oxygen atoms in total. The lowest BCUT2D eigenvalue weighted by Gasteiger charge is -2.16. The minimum atomic E-state index is -3.41. The Morgan fingerprint density at radius 2 is 2.24 bits per heavy atom. The number of thiophene rings is 1. The molecule has 0 aliphatic carbocycles. The Labute approximate surface area is 131 Å². The lowest BCUT2D eigenvalue weighted by atomic mass is 10.0. The maximum atomic E-state index is 12.3. The fourth-order valence-electron chi connectivity index (χ4n) is 2.52. The van der Waals surface area contributed by atoms with Gasteiger partial charge in [-0.15, -0.1) is 11.3 Å². The minimum absolute atomic E-state index is 0.180. The first-order valence-corrected chi connectivity index (χ1v) is 9.82. The standard InChI is InChI=1S/C14H24N2O3S2/c1-3-14-11(5-6-19-14)8-16-21(17,18)13-7-12(20-10-13)9-15-4-2/h7,10-11,14-16H,3-6,8-9H2,1-2H3. The molecule has 0 spiro atoms. The predicted octanol–water partition coefficient (Wildman–Crippen LogP) is 1.95. The molecule has 0 amide bonds. The second kappa shape index (κ2) is 7.69.